The van der Waals surface area contributed by atoms with E-state index in [2.05, 4.69) is 15.0 Å². The molecule has 0 bridgehead atoms. The third-order valence-electron chi connectivity index (χ3n) is 13.1. The zero-order valence-corrected chi connectivity index (χ0v) is 37.0. The van der Waals surface area contributed by atoms with Crippen LogP contribution in [0.1, 0.15) is 123 Å². The number of nitrogens with one attached hydrogen (secondary N) is 2. The number of hydrogen-bond acceptors (Lipinski definition) is 11. The molecule has 5 aliphatic rings. The number of halogens is 3. The summed E-state index contributed by atoms with van der Waals surface area (Å²) < 4.78 is 96.6. The number of aryl methyl sites for hydroxylation is 1. The van der Waals surface area contributed by atoms with Gasteiger partial charge in [0.15, 0.2) is 11.4 Å². The summed E-state index contributed by atoms with van der Waals surface area (Å²) in [7, 11) is -4.05. The largest absolute Gasteiger partial charge is 0.490 e. The highest BCUT2D eigenvalue weighted by Gasteiger charge is 2.63. The number of carbonyl (C=O) groups is 4. The van der Waals surface area contributed by atoms with E-state index < -0.39 is 86.5 Å². The molecule has 1 aromatic carbocycles. The fraction of sp³-hybridized carbons (Fsp3) is 0.667. The van der Waals surface area contributed by atoms with Gasteiger partial charge >= 0.3 is 12.1 Å². The maximum Gasteiger partial charge on any atom is 0.437 e. The zero-order chi connectivity index (χ0) is 45.2. The molecule has 18 heteroatoms. The van der Waals surface area contributed by atoms with Crippen LogP contribution in [0.25, 0.3) is 10.9 Å². The molecule has 14 nitrogen and oxygen atoms in total. The molecule has 5 heterocycles. The SMILES string of the molecule is CCCCS(=O)(=O)NC(=O)[C@@]12C[C@H]1/C=C\CCCCC[C@H](CC(=O)O[C@@H](C)CC)C(=O)N1C[C@@]3(CCc4c(c(C(F)(F)F)nc5ccc(OC6CCOCC6)cc45)O3)C[C@H]1C(=O)N2.[HH]. The first-order valence-electron chi connectivity index (χ1n) is 22.5. The number of alkyl halides is 3. The first kappa shape index (κ1) is 46.5. The molecule has 4 aliphatic heterocycles. The lowest BCUT2D eigenvalue weighted by Gasteiger charge is -2.37. The smallest absolute Gasteiger partial charge is 0.437 e. The van der Waals surface area contributed by atoms with E-state index in [-0.39, 0.29) is 69.4 Å². The van der Waals surface area contributed by atoms with Crippen LogP contribution in [0.5, 0.6) is 11.5 Å². The number of benzene rings is 1. The van der Waals surface area contributed by atoms with Gasteiger partial charge in [-0.05, 0) is 76.5 Å². The number of carbonyl (C=O) groups excluding carboxylic acids is 4. The van der Waals surface area contributed by atoms with Crippen molar-refractivity contribution < 1.29 is 61.1 Å². The van der Waals surface area contributed by atoms with Gasteiger partial charge in [-0.25, -0.2) is 13.4 Å². The molecule has 2 saturated heterocycles. The Morgan fingerprint density at radius 1 is 1.11 bits per heavy atom. The van der Waals surface area contributed by atoms with E-state index in [1.54, 1.807) is 25.1 Å². The molecule has 1 aromatic heterocycles. The summed E-state index contributed by atoms with van der Waals surface area (Å²) in [6.45, 7) is 6.19. The molecule has 3 amide bonds. The summed E-state index contributed by atoms with van der Waals surface area (Å²) in [6.07, 6.45) is 3.68. The number of ether oxygens (including phenoxy) is 4. The van der Waals surface area contributed by atoms with Gasteiger partial charge in [-0.3, -0.25) is 23.9 Å². The number of fused-ring (bicyclic) bond motifs is 5. The number of esters is 1. The number of hydrogen-bond donors (Lipinski definition) is 2. The van der Waals surface area contributed by atoms with Crippen molar-refractivity contribution in [2.45, 2.75) is 153 Å². The predicted molar refractivity (Wildman–Crippen MR) is 227 cm³/mol. The predicted octanol–water partition coefficient (Wildman–Crippen LogP) is 6.71. The molecule has 3 fully saturated rings. The van der Waals surface area contributed by atoms with Crippen LogP contribution in [-0.4, -0.2) is 96.9 Å². The molecule has 0 unspecified atom stereocenters. The van der Waals surface area contributed by atoms with E-state index in [9.17, 15) is 40.8 Å². The second-order valence-corrected chi connectivity index (χ2v) is 19.7. The van der Waals surface area contributed by atoms with Crippen molar-refractivity contribution in [2.24, 2.45) is 11.8 Å². The summed E-state index contributed by atoms with van der Waals surface area (Å²) >= 11 is 0. The third-order valence-corrected chi connectivity index (χ3v) is 14.5. The Bertz CT molecular complexity index is 2210. The van der Waals surface area contributed by atoms with E-state index in [0.29, 0.717) is 75.7 Å². The van der Waals surface area contributed by atoms with E-state index >= 15 is 0 Å². The quantitative estimate of drug-likeness (QED) is 0.181. The summed E-state index contributed by atoms with van der Waals surface area (Å²) in [6, 6.07) is 3.40. The second-order valence-electron chi connectivity index (χ2n) is 17.9. The van der Waals surface area contributed by atoms with Gasteiger partial charge < -0.3 is 29.2 Å². The van der Waals surface area contributed by atoms with Crippen LogP contribution in [0.2, 0.25) is 0 Å². The molecule has 1 spiro atoms. The Morgan fingerprint density at radius 3 is 2.62 bits per heavy atom. The standard InChI is InChI=1S/C45H59F3N4O10S.H2/c1-4-6-22-63(57,58)51-42(56)44-25-30(44)13-11-9-7-8-10-12-29(23-37(53)60-28(3)5-2)41(55)52-27-43(26-36(52)40(54)50-44)19-16-33-34-24-32(61-31-17-20-59-21-18-31)14-15-35(34)49-39(38(33)62-43)45(46,47)48;/h11,13-15,24,28-31,36H,4-10,12,16-23,25-27H2,1-3H3,(H,50,54)(H,51,56);1H/b13-11-;/t28-,29+,30+,36-,43+,44+;/m0./s1. The molecule has 2 aromatic rings. The number of aromatic nitrogens is 1. The second kappa shape index (κ2) is 18.9. The van der Waals surface area contributed by atoms with Crippen molar-refractivity contribution >= 4 is 44.6 Å². The van der Waals surface area contributed by atoms with Gasteiger partial charge in [-0.2, -0.15) is 13.2 Å². The molecule has 7 rings (SSSR count). The van der Waals surface area contributed by atoms with Crippen molar-refractivity contribution in [3.8, 4) is 11.5 Å². The first-order chi connectivity index (χ1) is 30.0. The molecule has 1 saturated carbocycles. The lowest BCUT2D eigenvalue weighted by atomic mass is 9.87. The number of rotatable bonds is 11. The van der Waals surface area contributed by atoms with E-state index in [1.807, 2.05) is 19.9 Å². The fourth-order valence-electron chi connectivity index (χ4n) is 9.29. The molecular weight excluding hydrogens is 846 g/mol. The highest BCUT2D eigenvalue weighted by atomic mass is 32.2. The fourth-order valence-corrected chi connectivity index (χ4v) is 10.5. The number of allylic oxidation sites excluding steroid dienone is 1. The molecule has 1 aliphatic carbocycles. The Kier molecular flexibility index (Phi) is 14.0. The van der Waals surface area contributed by atoms with Gasteiger partial charge in [0.25, 0.3) is 5.91 Å². The Morgan fingerprint density at radius 2 is 1.89 bits per heavy atom. The minimum absolute atomic E-state index is 0. The number of nitrogens with zero attached hydrogens (tertiary/aromatic N) is 2. The Balaban J connectivity index is 0.00000680. The highest BCUT2D eigenvalue weighted by Crippen LogP contribution is 2.50. The summed E-state index contributed by atoms with van der Waals surface area (Å²) in [5, 5.41) is 3.24. The summed E-state index contributed by atoms with van der Waals surface area (Å²) in [4.78, 5) is 62.1. The molecule has 63 heavy (non-hydrogen) atoms. The number of amides is 3. The monoisotopic (exact) mass is 906 g/mol. The van der Waals surface area contributed by atoms with Crippen LogP contribution in [-0.2, 0) is 51.3 Å². The molecule has 6 atom stereocenters. The Labute approximate surface area is 367 Å². The first-order valence-corrected chi connectivity index (χ1v) is 24.1. The van der Waals surface area contributed by atoms with E-state index in [1.165, 1.54) is 11.0 Å². The molecule has 2 N–H and O–H groups in total. The minimum Gasteiger partial charge on any atom is -0.490 e. The average Bonchev–Trinajstić information content (AvgIpc) is 3.82. The van der Waals surface area contributed by atoms with Gasteiger partial charge in [-0.15, -0.1) is 0 Å². The molecule has 348 valence electrons. The van der Waals surface area contributed by atoms with Crippen LogP contribution in [0.3, 0.4) is 0 Å². The normalized spacial score (nSPS) is 28.0. The van der Waals surface area contributed by atoms with Crippen molar-refractivity contribution in [3.05, 3.63) is 41.6 Å². The zero-order valence-electron chi connectivity index (χ0n) is 36.2. The summed E-state index contributed by atoms with van der Waals surface area (Å²) in [5.41, 5.74) is -4.03. The number of pyridine rings is 1. The van der Waals surface area contributed by atoms with Crippen LogP contribution < -0.4 is 19.5 Å². The van der Waals surface area contributed by atoms with Gasteiger partial charge in [0, 0.05) is 43.5 Å². The maximum atomic E-state index is 15.0. The van der Waals surface area contributed by atoms with E-state index in [0.717, 1.165) is 6.42 Å². The lowest BCUT2D eigenvalue weighted by molar-refractivity contribution is -0.153. The topological polar surface area (TPSA) is 180 Å². The highest BCUT2D eigenvalue weighted by molar-refractivity contribution is 7.90. The van der Waals surface area contributed by atoms with Gasteiger partial charge in [0.1, 0.15) is 29.0 Å². The van der Waals surface area contributed by atoms with Gasteiger partial charge in [-0.1, -0.05) is 45.3 Å². The van der Waals surface area contributed by atoms with Crippen LogP contribution in [0.4, 0.5) is 13.2 Å². The van der Waals surface area contributed by atoms with Crippen molar-refractivity contribution in [3.63, 3.8) is 0 Å². The Hall–Kier alpha value is -4.45. The van der Waals surface area contributed by atoms with Crippen LogP contribution in [0.15, 0.2) is 30.4 Å². The van der Waals surface area contributed by atoms with Gasteiger partial charge in [0.05, 0.1) is 43.6 Å². The number of unbranched alkanes of at least 4 members (excludes halogenated alkanes) is 1. The summed E-state index contributed by atoms with van der Waals surface area (Å²) in [5.74, 6) is -4.64. The average molecular weight is 907 g/mol. The molecular formula is C45H61F3N4O10S. The van der Waals surface area contributed by atoms with Crippen LogP contribution >= 0.6 is 0 Å². The van der Waals surface area contributed by atoms with Crippen LogP contribution in [0, 0.1) is 11.8 Å². The van der Waals surface area contributed by atoms with Crippen molar-refractivity contribution in [2.75, 3.05) is 25.5 Å². The van der Waals surface area contributed by atoms with Crippen molar-refractivity contribution in [1.82, 2.24) is 19.9 Å². The van der Waals surface area contributed by atoms with E-state index in [4.69, 9.17) is 18.9 Å². The third kappa shape index (κ3) is 10.6. The lowest BCUT2D eigenvalue weighted by Crippen LogP contribution is -2.57. The molecule has 0 radical (unpaired) electrons. The van der Waals surface area contributed by atoms with Gasteiger partial charge in [0.2, 0.25) is 21.8 Å². The number of sulfonamides is 1. The minimum atomic E-state index is -4.93. The van der Waals surface area contributed by atoms with Crippen molar-refractivity contribution in [1.29, 1.82) is 0 Å². The maximum absolute atomic E-state index is 15.0.